The maximum atomic E-state index is 13.8. The number of ether oxygens (including phenoxy) is 5. The Morgan fingerprint density at radius 1 is 0.842 bits per heavy atom. The van der Waals surface area contributed by atoms with Gasteiger partial charge in [0, 0.05) is 11.8 Å². The van der Waals surface area contributed by atoms with Crippen LogP contribution < -0.4 is 10.2 Å². The van der Waals surface area contributed by atoms with Gasteiger partial charge in [-0.2, -0.15) is 0 Å². The van der Waals surface area contributed by atoms with Gasteiger partial charge < -0.3 is 33.4 Å². The SMILES string of the molecule is Cc1cc(=O)c2c(OCCOCCOCCOCCOCCO)ncc(Cl)c2n1-c1c(Cl)cc(F)cc1Cl. The lowest BCUT2D eigenvalue weighted by Gasteiger charge is -2.19. The van der Waals surface area contributed by atoms with Crippen LogP contribution in [0.25, 0.3) is 16.6 Å². The molecule has 9 nitrogen and oxygen atoms in total. The molecule has 0 spiro atoms. The van der Waals surface area contributed by atoms with E-state index in [0.29, 0.717) is 51.9 Å². The molecular formula is C25H28Cl3FN2O7. The van der Waals surface area contributed by atoms with Gasteiger partial charge in [-0.3, -0.25) is 4.79 Å². The van der Waals surface area contributed by atoms with Crippen LogP contribution in [-0.4, -0.2) is 80.7 Å². The zero-order valence-corrected chi connectivity index (χ0v) is 23.0. The first-order chi connectivity index (χ1) is 18.3. The van der Waals surface area contributed by atoms with Gasteiger partial charge in [0.2, 0.25) is 5.88 Å². The first-order valence-electron chi connectivity index (χ1n) is 11.8. The normalized spacial score (nSPS) is 11.4. The maximum absolute atomic E-state index is 13.8. The predicted octanol–water partition coefficient (Wildman–Crippen LogP) is 4.23. The largest absolute Gasteiger partial charge is 0.475 e. The topological polar surface area (TPSA) is 101 Å². The van der Waals surface area contributed by atoms with Crippen molar-refractivity contribution in [3.05, 3.63) is 61.2 Å². The van der Waals surface area contributed by atoms with Crippen LogP contribution in [0, 0.1) is 12.7 Å². The highest BCUT2D eigenvalue weighted by Gasteiger charge is 2.21. The van der Waals surface area contributed by atoms with Gasteiger partial charge >= 0.3 is 0 Å². The Bertz CT molecular complexity index is 1250. The van der Waals surface area contributed by atoms with Crippen molar-refractivity contribution in [3.63, 3.8) is 0 Å². The van der Waals surface area contributed by atoms with Crippen LogP contribution >= 0.6 is 34.8 Å². The fourth-order valence-electron chi connectivity index (χ4n) is 3.57. The van der Waals surface area contributed by atoms with Crippen molar-refractivity contribution in [1.29, 1.82) is 0 Å². The van der Waals surface area contributed by atoms with E-state index in [1.165, 1.54) is 12.3 Å². The average Bonchev–Trinajstić information content (AvgIpc) is 2.86. The number of nitrogens with zero attached hydrogens (tertiary/aromatic N) is 2. The minimum Gasteiger partial charge on any atom is -0.475 e. The number of aryl methyl sites for hydroxylation is 1. The molecule has 3 aromatic rings. The monoisotopic (exact) mass is 592 g/mol. The lowest BCUT2D eigenvalue weighted by atomic mass is 10.2. The molecule has 2 aromatic heterocycles. The Morgan fingerprint density at radius 2 is 1.37 bits per heavy atom. The number of aliphatic hydroxyl groups is 1. The Balaban J connectivity index is 1.57. The van der Waals surface area contributed by atoms with Crippen molar-refractivity contribution in [2.75, 3.05) is 66.1 Å². The summed E-state index contributed by atoms with van der Waals surface area (Å²) in [5, 5.41) is 8.99. The summed E-state index contributed by atoms with van der Waals surface area (Å²) in [6, 6.07) is 3.63. The number of rotatable bonds is 16. The fraction of sp³-hybridized carbons (Fsp3) is 0.440. The van der Waals surface area contributed by atoms with Crippen LogP contribution in [0.1, 0.15) is 5.69 Å². The number of hydrogen-bond acceptors (Lipinski definition) is 8. The zero-order chi connectivity index (χ0) is 27.5. The number of aromatic nitrogens is 2. The summed E-state index contributed by atoms with van der Waals surface area (Å²) in [5.74, 6) is -0.528. The van der Waals surface area contributed by atoms with Crippen molar-refractivity contribution < 1.29 is 33.2 Å². The van der Waals surface area contributed by atoms with Crippen molar-refractivity contribution in [1.82, 2.24) is 9.55 Å². The Morgan fingerprint density at radius 3 is 1.92 bits per heavy atom. The molecule has 1 N–H and O–H groups in total. The molecule has 0 unspecified atom stereocenters. The first kappa shape index (κ1) is 30.5. The second-order valence-corrected chi connectivity index (χ2v) is 9.08. The van der Waals surface area contributed by atoms with E-state index in [9.17, 15) is 9.18 Å². The molecule has 0 bridgehead atoms. The number of aliphatic hydroxyl groups excluding tert-OH is 1. The van der Waals surface area contributed by atoms with E-state index in [1.54, 1.807) is 11.5 Å². The highest BCUT2D eigenvalue weighted by atomic mass is 35.5. The number of benzene rings is 1. The van der Waals surface area contributed by atoms with E-state index in [-0.39, 0.29) is 62.8 Å². The molecule has 0 fully saturated rings. The minimum atomic E-state index is -0.595. The molecule has 0 aliphatic rings. The number of halogens is 4. The highest BCUT2D eigenvalue weighted by molar-refractivity contribution is 6.38. The second-order valence-electron chi connectivity index (χ2n) is 7.86. The number of pyridine rings is 2. The van der Waals surface area contributed by atoms with Crippen LogP contribution in [0.3, 0.4) is 0 Å². The van der Waals surface area contributed by atoms with Crippen LogP contribution in [-0.2, 0) is 18.9 Å². The molecule has 13 heteroatoms. The molecule has 208 valence electrons. The van der Waals surface area contributed by atoms with Crippen LogP contribution in [0.4, 0.5) is 4.39 Å². The van der Waals surface area contributed by atoms with E-state index in [0.717, 1.165) is 12.1 Å². The van der Waals surface area contributed by atoms with Crippen molar-refractivity contribution in [3.8, 4) is 11.6 Å². The van der Waals surface area contributed by atoms with Crippen LogP contribution in [0.2, 0.25) is 15.1 Å². The van der Waals surface area contributed by atoms with Gasteiger partial charge in [0.1, 0.15) is 17.8 Å². The van der Waals surface area contributed by atoms with E-state index >= 15 is 0 Å². The van der Waals surface area contributed by atoms with Crippen LogP contribution in [0.5, 0.6) is 5.88 Å². The Hall–Kier alpha value is -2.02. The molecule has 0 amide bonds. The standard InChI is InChI=1S/C25H28Cl3FN2O7/c1-16-12-21(33)22-24(31(16)23-18(26)13-17(29)14-19(23)27)20(28)15-30-25(22)38-11-10-37-9-8-36-7-6-35-5-4-34-3-2-32/h12-15,32H,2-11H2,1H3. The molecule has 0 aliphatic carbocycles. The van der Waals surface area contributed by atoms with Crippen molar-refractivity contribution in [2.45, 2.75) is 6.92 Å². The predicted molar refractivity (Wildman–Crippen MR) is 143 cm³/mol. The third-order valence-electron chi connectivity index (χ3n) is 5.16. The summed E-state index contributed by atoms with van der Waals surface area (Å²) in [7, 11) is 0. The summed E-state index contributed by atoms with van der Waals surface area (Å²) < 4.78 is 42.4. The van der Waals surface area contributed by atoms with E-state index in [2.05, 4.69) is 4.98 Å². The van der Waals surface area contributed by atoms with Crippen molar-refractivity contribution in [2.24, 2.45) is 0 Å². The fourth-order valence-corrected chi connectivity index (χ4v) is 4.43. The molecule has 0 atom stereocenters. The molecule has 38 heavy (non-hydrogen) atoms. The highest BCUT2D eigenvalue weighted by Crippen LogP contribution is 2.36. The average molecular weight is 594 g/mol. The first-order valence-corrected chi connectivity index (χ1v) is 12.9. The molecule has 3 rings (SSSR count). The Kier molecular flexibility index (Phi) is 12.5. The quantitative estimate of drug-likeness (QED) is 0.246. The van der Waals surface area contributed by atoms with Crippen molar-refractivity contribution >= 4 is 45.7 Å². The molecule has 2 heterocycles. The smallest absolute Gasteiger partial charge is 0.227 e. The zero-order valence-electron chi connectivity index (χ0n) is 20.7. The van der Waals surface area contributed by atoms with Gasteiger partial charge in [-0.25, -0.2) is 9.37 Å². The Labute approximate surface area is 233 Å². The summed E-state index contributed by atoms with van der Waals surface area (Å²) in [6.45, 7) is 4.70. The summed E-state index contributed by atoms with van der Waals surface area (Å²) in [6.07, 6.45) is 1.36. The third-order valence-corrected chi connectivity index (χ3v) is 6.01. The van der Waals surface area contributed by atoms with Crippen LogP contribution in [0.15, 0.2) is 29.2 Å². The van der Waals surface area contributed by atoms with E-state index in [4.69, 9.17) is 63.6 Å². The van der Waals surface area contributed by atoms with Gasteiger partial charge in [0.15, 0.2) is 5.43 Å². The maximum Gasteiger partial charge on any atom is 0.227 e. The molecule has 0 aliphatic heterocycles. The van der Waals surface area contributed by atoms with Gasteiger partial charge in [-0.05, 0) is 19.1 Å². The number of hydrogen-bond donors (Lipinski definition) is 1. The molecule has 0 saturated heterocycles. The van der Waals surface area contributed by atoms with E-state index in [1.807, 2.05) is 0 Å². The lowest BCUT2D eigenvalue weighted by molar-refractivity contribution is -0.00786. The lowest BCUT2D eigenvalue weighted by Crippen LogP contribution is -2.16. The second kappa shape index (κ2) is 15.5. The van der Waals surface area contributed by atoms with E-state index < -0.39 is 5.82 Å². The van der Waals surface area contributed by atoms with Gasteiger partial charge in [-0.15, -0.1) is 0 Å². The third kappa shape index (κ3) is 8.24. The molecule has 0 saturated carbocycles. The summed E-state index contributed by atoms with van der Waals surface area (Å²) >= 11 is 19.1. The van der Waals surface area contributed by atoms with Gasteiger partial charge in [-0.1, -0.05) is 34.8 Å². The van der Waals surface area contributed by atoms with Gasteiger partial charge in [0.25, 0.3) is 0 Å². The number of fused-ring (bicyclic) bond motifs is 1. The van der Waals surface area contributed by atoms with Gasteiger partial charge in [0.05, 0.1) is 91.9 Å². The summed E-state index contributed by atoms with van der Waals surface area (Å²) in [4.78, 5) is 17.1. The minimum absolute atomic E-state index is 0.0114. The molecular weight excluding hydrogens is 566 g/mol. The molecule has 1 aromatic carbocycles. The summed E-state index contributed by atoms with van der Waals surface area (Å²) in [5.41, 5.74) is 0.693. The molecule has 0 radical (unpaired) electrons.